The fourth-order valence-electron chi connectivity index (χ4n) is 3.56. The second-order valence-corrected chi connectivity index (χ2v) is 6.42. The van der Waals surface area contributed by atoms with Gasteiger partial charge in [0.05, 0.1) is 24.0 Å². The van der Waals surface area contributed by atoms with Gasteiger partial charge < -0.3 is 18.7 Å². The topological polar surface area (TPSA) is 98.8 Å². The van der Waals surface area contributed by atoms with Crippen LogP contribution in [0.4, 0.5) is 0 Å². The molecular weight excluding hydrogens is 360 g/mol. The van der Waals surface area contributed by atoms with Gasteiger partial charge in [0.25, 0.3) is 0 Å². The molecule has 0 spiro atoms. The number of hydrogen-bond acceptors (Lipinski definition) is 7. The van der Waals surface area contributed by atoms with Gasteiger partial charge in [-0.25, -0.2) is 14.5 Å². The third kappa shape index (κ3) is 2.08. The Morgan fingerprint density at radius 3 is 2.75 bits per heavy atom. The monoisotopic (exact) mass is 372 g/mol. The SMILES string of the molecule is Oc1ccc2c(c1)Oc1ncn3nc(-c4ccco4)nc3c1[C@H]2c1ccco1. The Labute approximate surface area is 157 Å². The lowest BCUT2D eigenvalue weighted by Gasteiger charge is -2.26. The molecule has 8 nitrogen and oxygen atoms in total. The minimum absolute atomic E-state index is 0.115. The van der Waals surface area contributed by atoms with Gasteiger partial charge in [0.2, 0.25) is 11.7 Å². The third-order valence-corrected chi connectivity index (χ3v) is 4.76. The summed E-state index contributed by atoms with van der Waals surface area (Å²) >= 11 is 0. The molecule has 0 fully saturated rings. The van der Waals surface area contributed by atoms with Crippen LogP contribution in [0, 0.1) is 0 Å². The zero-order valence-electron chi connectivity index (χ0n) is 14.3. The highest BCUT2D eigenvalue weighted by Gasteiger charge is 2.35. The van der Waals surface area contributed by atoms with Crippen molar-refractivity contribution in [3.8, 4) is 29.0 Å². The Morgan fingerprint density at radius 2 is 1.93 bits per heavy atom. The number of furan rings is 2. The lowest BCUT2D eigenvalue weighted by atomic mass is 9.87. The minimum atomic E-state index is -0.306. The molecule has 1 aromatic carbocycles. The number of benzene rings is 1. The number of aromatic nitrogens is 4. The fraction of sp³-hybridized carbons (Fsp3) is 0.0500. The number of nitrogens with zero attached hydrogens (tertiary/aromatic N) is 4. The van der Waals surface area contributed by atoms with E-state index in [-0.39, 0.29) is 11.7 Å². The molecule has 1 aliphatic heterocycles. The van der Waals surface area contributed by atoms with Crippen LogP contribution in [-0.4, -0.2) is 24.7 Å². The van der Waals surface area contributed by atoms with E-state index in [1.807, 2.05) is 18.2 Å². The molecule has 0 aliphatic carbocycles. The van der Waals surface area contributed by atoms with Crippen molar-refractivity contribution in [2.75, 3.05) is 0 Å². The van der Waals surface area contributed by atoms with Crippen molar-refractivity contribution in [1.29, 1.82) is 0 Å². The quantitative estimate of drug-likeness (QED) is 0.491. The van der Waals surface area contributed by atoms with Crippen LogP contribution < -0.4 is 4.74 Å². The fourth-order valence-corrected chi connectivity index (χ4v) is 3.56. The summed E-state index contributed by atoms with van der Waals surface area (Å²) in [7, 11) is 0. The Kier molecular flexibility index (Phi) is 2.93. The van der Waals surface area contributed by atoms with E-state index in [0.29, 0.717) is 34.6 Å². The van der Waals surface area contributed by atoms with E-state index < -0.39 is 0 Å². The number of phenols is 1. The number of ether oxygens (including phenoxy) is 1. The number of phenolic OH excluding ortho intramolecular Hbond substituents is 1. The first-order chi connectivity index (χ1) is 13.8. The molecule has 0 unspecified atom stereocenters. The summed E-state index contributed by atoms with van der Waals surface area (Å²) < 4.78 is 18.7. The van der Waals surface area contributed by atoms with E-state index in [2.05, 4.69) is 15.1 Å². The molecule has 5 heterocycles. The molecule has 6 rings (SSSR count). The maximum atomic E-state index is 9.87. The summed E-state index contributed by atoms with van der Waals surface area (Å²) in [5.41, 5.74) is 2.18. The molecule has 8 heteroatoms. The number of hydrogen-bond donors (Lipinski definition) is 1. The first kappa shape index (κ1) is 15.0. The Bertz CT molecular complexity index is 1310. The van der Waals surface area contributed by atoms with E-state index in [9.17, 15) is 5.11 Å². The molecular formula is C20H12N4O4. The number of rotatable bonds is 2. The summed E-state index contributed by atoms with van der Waals surface area (Å²) in [6.45, 7) is 0. The first-order valence-corrected chi connectivity index (χ1v) is 8.61. The van der Waals surface area contributed by atoms with E-state index >= 15 is 0 Å². The molecule has 1 aliphatic rings. The van der Waals surface area contributed by atoms with Gasteiger partial charge >= 0.3 is 0 Å². The van der Waals surface area contributed by atoms with Gasteiger partial charge in [-0.15, -0.1) is 5.10 Å². The molecule has 136 valence electrons. The van der Waals surface area contributed by atoms with Crippen molar-refractivity contribution in [3.63, 3.8) is 0 Å². The molecule has 0 radical (unpaired) electrons. The molecule has 28 heavy (non-hydrogen) atoms. The highest BCUT2D eigenvalue weighted by molar-refractivity contribution is 5.67. The van der Waals surface area contributed by atoms with Gasteiger partial charge in [0.15, 0.2) is 11.4 Å². The van der Waals surface area contributed by atoms with Gasteiger partial charge in [-0.05, 0) is 30.3 Å². The summed E-state index contributed by atoms with van der Waals surface area (Å²) in [6, 6.07) is 12.3. The lowest BCUT2D eigenvalue weighted by molar-refractivity contribution is 0.409. The van der Waals surface area contributed by atoms with Crippen molar-refractivity contribution in [3.05, 3.63) is 78.2 Å². The zero-order valence-corrected chi connectivity index (χ0v) is 14.3. The van der Waals surface area contributed by atoms with E-state index in [4.69, 9.17) is 13.6 Å². The van der Waals surface area contributed by atoms with Crippen LogP contribution in [0.2, 0.25) is 0 Å². The predicted molar refractivity (Wildman–Crippen MR) is 96.3 cm³/mol. The first-order valence-electron chi connectivity index (χ1n) is 8.61. The van der Waals surface area contributed by atoms with Crippen LogP contribution in [0.1, 0.15) is 22.8 Å². The average Bonchev–Trinajstić information content (AvgIpc) is 3.46. The van der Waals surface area contributed by atoms with Crippen LogP contribution >= 0.6 is 0 Å². The zero-order chi connectivity index (χ0) is 18.7. The normalized spacial score (nSPS) is 15.2. The van der Waals surface area contributed by atoms with Gasteiger partial charge in [0.1, 0.15) is 23.6 Å². The smallest absolute Gasteiger partial charge is 0.228 e. The Balaban J connectivity index is 1.64. The van der Waals surface area contributed by atoms with Crippen molar-refractivity contribution in [2.24, 2.45) is 0 Å². The molecule has 0 bridgehead atoms. The van der Waals surface area contributed by atoms with Crippen molar-refractivity contribution >= 4 is 5.65 Å². The minimum Gasteiger partial charge on any atom is -0.508 e. The van der Waals surface area contributed by atoms with E-state index in [1.54, 1.807) is 47.6 Å². The largest absolute Gasteiger partial charge is 0.508 e. The Hall–Kier alpha value is -4.07. The molecule has 5 aromatic rings. The molecule has 4 aromatic heterocycles. The second-order valence-electron chi connectivity index (χ2n) is 6.42. The highest BCUT2D eigenvalue weighted by Crippen LogP contribution is 2.48. The average molecular weight is 372 g/mol. The molecule has 1 atom stereocenters. The standard InChI is InChI=1S/C20H12N4O4/c25-11-5-6-12-15(9-11)28-20-17(16(12)13-3-1-7-26-13)19-22-18(14-4-2-8-27-14)23-24(19)10-21-20/h1-10,16,25H/t16-/m1/s1. The maximum absolute atomic E-state index is 9.87. The van der Waals surface area contributed by atoms with E-state index in [0.717, 1.165) is 11.1 Å². The molecule has 0 saturated carbocycles. The van der Waals surface area contributed by atoms with Gasteiger partial charge in [-0.3, -0.25) is 0 Å². The second kappa shape index (κ2) is 5.46. The maximum Gasteiger partial charge on any atom is 0.228 e. The summed E-state index contributed by atoms with van der Waals surface area (Å²) in [5, 5.41) is 14.3. The van der Waals surface area contributed by atoms with Crippen LogP contribution in [0.3, 0.4) is 0 Å². The van der Waals surface area contributed by atoms with E-state index in [1.165, 1.54) is 0 Å². The number of aromatic hydroxyl groups is 1. The van der Waals surface area contributed by atoms with Crippen LogP contribution in [-0.2, 0) is 0 Å². The summed E-state index contributed by atoms with van der Waals surface area (Å²) in [6.07, 6.45) is 4.74. The van der Waals surface area contributed by atoms with Crippen LogP contribution in [0.15, 0.2) is 70.2 Å². The van der Waals surface area contributed by atoms with Crippen LogP contribution in [0.5, 0.6) is 17.4 Å². The molecule has 0 amide bonds. The lowest BCUT2D eigenvalue weighted by Crippen LogP contribution is -2.14. The highest BCUT2D eigenvalue weighted by atomic mass is 16.5. The number of fused-ring (bicyclic) bond motifs is 4. The van der Waals surface area contributed by atoms with Crippen molar-refractivity contribution < 1.29 is 18.7 Å². The van der Waals surface area contributed by atoms with Crippen molar-refractivity contribution in [2.45, 2.75) is 5.92 Å². The Morgan fingerprint density at radius 1 is 1.04 bits per heavy atom. The van der Waals surface area contributed by atoms with Gasteiger partial charge in [-0.1, -0.05) is 6.07 Å². The predicted octanol–water partition coefficient (Wildman–Crippen LogP) is 3.97. The third-order valence-electron chi connectivity index (χ3n) is 4.76. The summed E-state index contributed by atoms with van der Waals surface area (Å²) in [4.78, 5) is 9.08. The molecule has 1 N–H and O–H groups in total. The molecule has 0 saturated heterocycles. The van der Waals surface area contributed by atoms with Crippen molar-refractivity contribution in [1.82, 2.24) is 19.6 Å². The summed E-state index contributed by atoms with van der Waals surface area (Å²) in [5.74, 6) is 2.46. The van der Waals surface area contributed by atoms with Gasteiger partial charge in [-0.2, -0.15) is 0 Å². The van der Waals surface area contributed by atoms with Crippen LogP contribution in [0.25, 0.3) is 17.2 Å². The van der Waals surface area contributed by atoms with Gasteiger partial charge in [0, 0.05) is 11.6 Å².